The Morgan fingerprint density at radius 2 is 2.23 bits per heavy atom. The number of likely N-dealkylation sites (tertiary alicyclic amines) is 1. The van der Waals surface area contributed by atoms with E-state index in [2.05, 4.69) is 14.9 Å². The van der Waals surface area contributed by atoms with Gasteiger partial charge in [0.1, 0.15) is 12.3 Å². The summed E-state index contributed by atoms with van der Waals surface area (Å²) in [6, 6.07) is 1.63. The van der Waals surface area contributed by atoms with Crippen LogP contribution in [0.3, 0.4) is 0 Å². The van der Waals surface area contributed by atoms with E-state index in [-0.39, 0.29) is 13.0 Å². The molecule has 0 saturated carbocycles. The Hall–Kier alpha value is -1.77. The molecule has 1 aromatic rings. The van der Waals surface area contributed by atoms with Gasteiger partial charge in [-0.05, 0) is 18.9 Å². The minimum absolute atomic E-state index is 0.253. The summed E-state index contributed by atoms with van der Waals surface area (Å²) in [4.78, 5) is 22.3. The fourth-order valence-corrected chi connectivity index (χ4v) is 2.74. The van der Waals surface area contributed by atoms with Gasteiger partial charge in [-0.15, -0.1) is 0 Å². The Morgan fingerprint density at radius 1 is 1.45 bits per heavy atom. The van der Waals surface area contributed by atoms with Gasteiger partial charge in [0.25, 0.3) is 0 Å². The zero-order valence-corrected chi connectivity index (χ0v) is 12.2. The molecule has 2 aliphatic heterocycles. The third-order valence-corrected chi connectivity index (χ3v) is 4.00. The molecule has 0 bridgehead atoms. The lowest BCUT2D eigenvalue weighted by Gasteiger charge is -2.14. The van der Waals surface area contributed by atoms with Gasteiger partial charge in [0.05, 0.1) is 19.0 Å². The molecule has 120 valence electrons. The summed E-state index contributed by atoms with van der Waals surface area (Å²) in [5.74, 6) is 0.352. The average Bonchev–Trinajstić information content (AvgIpc) is 3.14. The minimum Gasteiger partial charge on any atom is -0.394 e. The van der Waals surface area contributed by atoms with Crippen molar-refractivity contribution in [1.29, 1.82) is 0 Å². The number of ether oxygens (including phenoxy) is 1. The maximum Gasteiger partial charge on any atom is 0.351 e. The molecule has 22 heavy (non-hydrogen) atoms. The highest BCUT2D eigenvalue weighted by atomic mass is 16.5. The van der Waals surface area contributed by atoms with Crippen LogP contribution in [0.1, 0.15) is 25.5 Å². The van der Waals surface area contributed by atoms with E-state index in [4.69, 9.17) is 9.84 Å². The molecule has 8 nitrogen and oxygen atoms in total. The van der Waals surface area contributed by atoms with Crippen LogP contribution in [0.4, 0.5) is 5.82 Å². The molecule has 0 aromatic carbocycles. The van der Waals surface area contributed by atoms with Gasteiger partial charge < -0.3 is 19.8 Å². The van der Waals surface area contributed by atoms with Crippen molar-refractivity contribution in [3.63, 3.8) is 0 Å². The van der Waals surface area contributed by atoms with Crippen molar-refractivity contribution in [3.05, 3.63) is 22.7 Å². The zero-order chi connectivity index (χ0) is 15.5. The van der Waals surface area contributed by atoms with Crippen LogP contribution in [0.15, 0.2) is 22.1 Å². The highest BCUT2D eigenvalue weighted by molar-refractivity contribution is 5.59. The number of nitrogens with zero attached hydrogens (tertiary/aromatic N) is 4. The Bertz CT molecular complexity index is 597. The molecule has 0 radical (unpaired) electrons. The highest BCUT2D eigenvalue weighted by Gasteiger charge is 2.34. The van der Waals surface area contributed by atoms with E-state index < -0.39 is 24.1 Å². The van der Waals surface area contributed by atoms with Crippen molar-refractivity contribution in [2.45, 2.75) is 37.7 Å². The van der Waals surface area contributed by atoms with Crippen LogP contribution in [0.25, 0.3) is 0 Å². The van der Waals surface area contributed by atoms with Crippen molar-refractivity contribution >= 4 is 12.2 Å². The molecule has 3 rings (SSSR count). The molecule has 0 aliphatic carbocycles. The third-order valence-electron chi connectivity index (χ3n) is 4.00. The standard InChI is InChI=1S/C14H20N4O4/c19-8-11-10(20)7-13(22-11)18-6-3-12(16-14(18)21)15-9-17-4-1-2-5-17/h3,6,9-11,13,19-20H,1-2,4-5,7-8H2. The topological polar surface area (TPSA) is 100 Å². The predicted octanol–water partition coefficient (Wildman–Crippen LogP) is -0.360. The molecular weight excluding hydrogens is 288 g/mol. The Morgan fingerprint density at radius 3 is 2.86 bits per heavy atom. The van der Waals surface area contributed by atoms with Gasteiger partial charge in [-0.3, -0.25) is 4.57 Å². The first-order valence-electron chi connectivity index (χ1n) is 7.49. The van der Waals surface area contributed by atoms with Crippen LogP contribution in [0.2, 0.25) is 0 Å². The summed E-state index contributed by atoms with van der Waals surface area (Å²) in [5, 5.41) is 18.8. The molecular formula is C14H20N4O4. The van der Waals surface area contributed by atoms with Crippen molar-refractivity contribution in [1.82, 2.24) is 14.5 Å². The van der Waals surface area contributed by atoms with Crippen molar-refractivity contribution in [2.75, 3.05) is 19.7 Å². The lowest BCUT2D eigenvalue weighted by Crippen LogP contribution is -2.27. The summed E-state index contributed by atoms with van der Waals surface area (Å²) in [6.45, 7) is 1.69. The Balaban J connectivity index is 1.71. The number of aliphatic hydroxyl groups excluding tert-OH is 2. The second-order valence-corrected chi connectivity index (χ2v) is 5.58. The lowest BCUT2D eigenvalue weighted by molar-refractivity contribution is -0.0458. The minimum atomic E-state index is -0.783. The third kappa shape index (κ3) is 3.18. The number of aromatic nitrogens is 2. The molecule has 3 unspecified atom stereocenters. The van der Waals surface area contributed by atoms with Crippen LogP contribution in [0.5, 0.6) is 0 Å². The van der Waals surface area contributed by atoms with Crippen molar-refractivity contribution < 1.29 is 14.9 Å². The van der Waals surface area contributed by atoms with Crippen molar-refractivity contribution in [3.8, 4) is 0 Å². The first kappa shape index (κ1) is 15.1. The SMILES string of the molecule is O=c1nc(N=CN2CCCC2)ccn1C1CC(O)C(CO)O1. The van der Waals surface area contributed by atoms with E-state index in [0.29, 0.717) is 5.82 Å². The zero-order valence-electron chi connectivity index (χ0n) is 12.2. The molecule has 2 aliphatic rings. The van der Waals surface area contributed by atoms with Gasteiger partial charge in [-0.1, -0.05) is 0 Å². The van der Waals surface area contributed by atoms with E-state index in [1.54, 1.807) is 18.6 Å². The number of rotatable bonds is 4. The fraction of sp³-hybridized carbons (Fsp3) is 0.643. The molecule has 2 saturated heterocycles. The van der Waals surface area contributed by atoms with Gasteiger partial charge in [-0.2, -0.15) is 4.98 Å². The lowest BCUT2D eigenvalue weighted by atomic mass is 10.2. The quantitative estimate of drug-likeness (QED) is 0.582. The first-order valence-corrected chi connectivity index (χ1v) is 7.49. The van der Waals surface area contributed by atoms with E-state index in [1.165, 1.54) is 4.57 Å². The second-order valence-electron chi connectivity index (χ2n) is 5.58. The largest absolute Gasteiger partial charge is 0.394 e. The van der Waals surface area contributed by atoms with E-state index >= 15 is 0 Å². The predicted molar refractivity (Wildman–Crippen MR) is 79.1 cm³/mol. The molecule has 3 atom stereocenters. The van der Waals surface area contributed by atoms with Crippen LogP contribution >= 0.6 is 0 Å². The number of hydrogen-bond acceptors (Lipinski definition) is 6. The van der Waals surface area contributed by atoms with E-state index in [1.807, 2.05) is 0 Å². The molecule has 2 fully saturated rings. The van der Waals surface area contributed by atoms with Gasteiger partial charge >= 0.3 is 5.69 Å². The van der Waals surface area contributed by atoms with Crippen LogP contribution in [0, 0.1) is 0 Å². The van der Waals surface area contributed by atoms with E-state index in [9.17, 15) is 9.90 Å². The van der Waals surface area contributed by atoms with Gasteiger partial charge in [-0.25, -0.2) is 9.79 Å². The Labute approximate surface area is 127 Å². The number of aliphatic hydroxyl groups is 2. The fourth-order valence-electron chi connectivity index (χ4n) is 2.74. The summed E-state index contributed by atoms with van der Waals surface area (Å²) in [6.07, 6.45) is 3.80. The summed E-state index contributed by atoms with van der Waals surface area (Å²) in [5.41, 5.74) is -0.480. The smallest absolute Gasteiger partial charge is 0.351 e. The Kier molecular flexibility index (Phi) is 4.51. The van der Waals surface area contributed by atoms with E-state index in [0.717, 1.165) is 25.9 Å². The molecule has 0 spiro atoms. The molecule has 2 N–H and O–H groups in total. The highest BCUT2D eigenvalue weighted by Crippen LogP contribution is 2.27. The molecule has 1 aromatic heterocycles. The van der Waals surface area contributed by atoms with Gasteiger partial charge in [0.15, 0.2) is 5.82 Å². The molecule has 0 amide bonds. The first-order chi connectivity index (χ1) is 10.7. The summed E-state index contributed by atoms with van der Waals surface area (Å²) in [7, 11) is 0. The summed E-state index contributed by atoms with van der Waals surface area (Å²) < 4.78 is 6.76. The van der Waals surface area contributed by atoms with Crippen LogP contribution < -0.4 is 5.69 Å². The molecule has 8 heteroatoms. The molecule has 3 heterocycles. The second kappa shape index (κ2) is 6.55. The monoisotopic (exact) mass is 308 g/mol. The normalized spacial score (nSPS) is 28.8. The number of aliphatic imine (C=N–C) groups is 1. The summed E-state index contributed by atoms with van der Waals surface area (Å²) >= 11 is 0. The number of hydrogen-bond donors (Lipinski definition) is 2. The van der Waals surface area contributed by atoms with Gasteiger partial charge in [0, 0.05) is 25.7 Å². The average molecular weight is 308 g/mol. The van der Waals surface area contributed by atoms with Crippen LogP contribution in [-0.2, 0) is 4.74 Å². The maximum atomic E-state index is 12.1. The van der Waals surface area contributed by atoms with Crippen molar-refractivity contribution in [2.24, 2.45) is 4.99 Å². The maximum absolute atomic E-state index is 12.1. The van der Waals surface area contributed by atoms with Gasteiger partial charge in [0.2, 0.25) is 0 Å². The van der Waals surface area contributed by atoms with Crippen LogP contribution in [-0.4, -0.2) is 62.9 Å².